The summed E-state index contributed by atoms with van der Waals surface area (Å²) in [5, 5.41) is 2.38. The van der Waals surface area contributed by atoms with Crippen molar-refractivity contribution in [3.63, 3.8) is 0 Å². The summed E-state index contributed by atoms with van der Waals surface area (Å²) in [5.74, 6) is 0. The van der Waals surface area contributed by atoms with Crippen LogP contribution < -0.4 is 0 Å². The molecule has 3 rings (SSSR count). The summed E-state index contributed by atoms with van der Waals surface area (Å²) in [7, 11) is -0.922. The average Bonchev–Trinajstić information content (AvgIpc) is 2.71. The lowest BCUT2D eigenvalue weighted by molar-refractivity contribution is 1.36. The highest BCUT2D eigenvalue weighted by atomic mass is 32.3. The molecule has 1 aliphatic heterocycles. The quantitative estimate of drug-likeness (QED) is 0.670. The van der Waals surface area contributed by atoms with Gasteiger partial charge in [0.1, 0.15) is 0 Å². The maximum absolute atomic E-state index is 2.38. The van der Waals surface area contributed by atoms with Gasteiger partial charge in [-0.25, -0.2) is 0 Å². The first kappa shape index (κ1) is 9.73. The molecular weight excluding hydrogens is 212 g/mol. The van der Waals surface area contributed by atoms with Crippen LogP contribution in [0.1, 0.15) is 5.56 Å². The second-order valence-electron chi connectivity index (χ2n) is 4.14. The van der Waals surface area contributed by atoms with Gasteiger partial charge in [0.2, 0.25) is 0 Å². The van der Waals surface area contributed by atoms with Crippen LogP contribution in [0.5, 0.6) is 0 Å². The number of benzene rings is 2. The Hall–Kier alpha value is -1.47. The molecule has 0 bridgehead atoms. The van der Waals surface area contributed by atoms with Crippen molar-refractivity contribution in [1.29, 1.82) is 0 Å². The zero-order valence-electron chi connectivity index (χ0n) is 9.26. The Morgan fingerprint density at radius 1 is 0.812 bits per heavy atom. The van der Waals surface area contributed by atoms with Gasteiger partial charge in [-0.2, -0.15) is 10.0 Å². The Morgan fingerprint density at radius 2 is 1.50 bits per heavy atom. The first-order chi connectivity index (χ1) is 7.81. The van der Waals surface area contributed by atoms with Crippen LogP contribution >= 0.6 is 10.0 Å². The lowest BCUT2D eigenvalue weighted by Gasteiger charge is -2.30. The van der Waals surface area contributed by atoms with Gasteiger partial charge in [0.25, 0.3) is 0 Å². The van der Waals surface area contributed by atoms with Crippen molar-refractivity contribution in [2.24, 2.45) is 0 Å². The van der Waals surface area contributed by atoms with Crippen LogP contribution in [0, 0.1) is 0 Å². The topological polar surface area (TPSA) is 0 Å². The van der Waals surface area contributed by atoms with Crippen molar-refractivity contribution in [3.05, 3.63) is 65.6 Å². The standard InChI is InChI=1S/C15H14S/c1-16(14-8-3-2-4-9-14)12-11-13-7-5-6-10-15(13)16/h2-12H,1H3. The molecule has 80 valence electrons. The maximum Gasteiger partial charge on any atom is 0.00467 e. The Kier molecular flexibility index (Phi) is 2.15. The Balaban J connectivity index is 2.19. The second kappa shape index (κ2) is 3.53. The SMILES string of the molecule is CS1(c2ccccc2)C=Cc2ccccc21. The van der Waals surface area contributed by atoms with Gasteiger partial charge in [-0.3, -0.25) is 0 Å². The molecule has 1 heteroatoms. The highest BCUT2D eigenvalue weighted by Gasteiger charge is 2.26. The smallest absolute Gasteiger partial charge is 0.00467 e. The van der Waals surface area contributed by atoms with Crippen LogP contribution in [0.4, 0.5) is 0 Å². The number of rotatable bonds is 1. The van der Waals surface area contributed by atoms with Crippen molar-refractivity contribution >= 4 is 16.1 Å². The van der Waals surface area contributed by atoms with Gasteiger partial charge >= 0.3 is 0 Å². The van der Waals surface area contributed by atoms with Gasteiger partial charge in [0.15, 0.2) is 0 Å². The molecule has 0 N–H and O–H groups in total. The normalized spacial score (nSPS) is 26.1. The van der Waals surface area contributed by atoms with E-state index in [4.69, 9.17) is 0 Å². The van der Waals surface area contributed by atoms with E-state index in [0.717, 1.165) is 0 Å². The van der Waals surface area contributed by atoms with Crippen LogP contribution in [0.2, 0.25) is 0 Å². The molecule has 0 aromatic heterocycles. The summed E-state index contributed by atoms with van der Waals surface area (Å²) in [4.78, 5) is 2.93. The van der Waals surface area contributed by atoms with Crippen LogP contribution in [0.15, 0.2) is 69.8 Å². The highest BCUT2D eigenvalue weighted by molar-refractivity contribution is 8.36. The molecule has 0 saturated heterocycles. The summed E-state index contributed by atoms with van der Waals surface area (Å²) in [5.41, 5.74) is 1.38. The van der Waals surface area contributed by atoms with E-state index in [-0.39, 0.29) is 0 Å². The first-order valence-electron chi connectivity index (χ1n) is 5.41. The predicted molar refractivity (Wildman–Crippen MR) is 72.0 cm³/mol. The van der Waals surface area contributed by atoms with E-state index >= 15 is 0 Å². The van der Waals surface area contributed by atoms with Gasteiger partial charge in [0.05, 0.1) is 0 Å². The van der Waals surface area contributed by atoms with E-state index in [2.05, 4.69) is 72.3 Å². The fourth-order valence-electron chi connectivity index (χ4n) is 2.20. The molecule has 0 spiro atoms. The van der Waals surface area contributed by atoms with E-state index in [0.29, 0.717) is 0 Å². The van der Waals surface area contributed by atoms with Crippen molar-refractivity contribution in [2.45, 2.75) is 9.79 Å². The third-order valence-corrected chi connectivity index (χ3v) is 6.35. The monoisotopic (exact) mass is 226 g/mol. The molecule has 0 fully saturated rings. The highest BCUT2D eigenvalue weighted by Crippen LogP contribution is 2.65. The number of fused-ring (bicyclic) bond motifs is 1. The molecule has 2 aromatic rings. The molecule has 2 aromatic carbocycles. The lowest BCUT2D eigenvalue weighted by atomic mass is 10.2. The lowest BCUT2D eigenvalue weighted by Crippen LogP contribution is -1.94. The summed E-state index contributed by atoms with van der Waals surface area (Å²) in [6.45, 7) is 0. The minimum atomic E-state index is -0.922. The molecule has 1 aliphatic rings. The molecule has 0 aliphatic carbocycles. The summed E-state index contributed by atoms with van der Waals surface area (Å²) in [6.07, 6.45) is 4.63. The first-order valence-corrected chi connectivity index (χ1v) is 7.52. The Morgan fingerprint density at radius 3 is 2.31 bits per heavy atom. The zero-order valence-corrected chi connectivity index (χ0v) is 10.1. The summed E-state index contributed by atoms with van der Waals surface area (Å²) >= 11 is 0. The maximum atomic E-state index is 2.38. The zero-order chi connectivity index (χ0) is 11.0. The average molecular weight is 226 g/mol. The molecule has 0 radical (unpaired) electrons. The van der Waals surface area contributed by atoms with E-state index < -0.39 is 10.0 Å². The van der Waals surface area contributed by atoms with Crippen molar-refractivity contribution < 1.29 is 0 Å². The van der Waals surface area contributed by atoms with E-state index in [1.165, 1.54) is 15.4 Å². The molecule has 0 amide bonds. The number of hydrogen-bond donors (Lipinski definition) is 0. The van der Waals surface area contributed by atoms with Gasteiger partial charge in [0, 0.05) is 4.90 Å². The van der Waals surface area contributed by atoms with E-state index in [1.807, 2.05) is 0 Å². The van der Waals surface area contributed by atoms with Gasteiger partial charge in [-0.15, -0.1) is 0 Å². The fraction of sp³-hybridized carbons (Fsp3) is 0.0667. The Labute approximate surface area is 97.9 Å². The van der Waals surface area contributed by atoms with Crippen LogP contribution in [0.25, 0.3) is 6.08 Å². The van der Waals surface area contributed by atoms with Gasteiger partial charge < -0.3 is 0 Å². The van der Waals surface area contributed by atoms with Crippen molar-refractivity contribution in [2.75, 3.05) is 6.26 Å². The predicted octanol–water partition coefficient (Wildman–Crippen LogP) is 4.52. The van der Waals surface area contributed by atoms with Gasteiger partial charge in [-0.05, 0) is 46.4 Å². The molecule has 0 saturated carbocycles. The minimum absolute atomic E-state index is 0.922. The van der Waals surface area contributed by atoms with Crippen molar-refractivity contribution in [3.8, 4) is 0 Å². The van der Waals surface area contributed by atoms with Gasteiger partial charge in [-0.1, -0.05) is 36.4 Å². The number of hydrogen-bond acceptors (Lipinski definition) is 0. The molecule has 1 unspecified atom stereocenters. The van der Waals surface area contributed by atoms with Crippen LogP contribution in [-0.2, 0) is 0 Å². The van der Waals surface area contributed by atoms with Crippen LogP contribution in [0.3, 0.4) is 0 Å². The third-order valence-electron chi connectivity index (χ3n) is 3.13. The summed E-state index contributed by atoms with van der Waals surface area (Å²) in [6, 6.07) is 19.5. The fourth-order valence-corrected chi connectivity index (χ4v) is 4.88. The van der Waals surface area contributed by atoms with E-state index in [9.17, 15) is 0 Å². The van der Waals surface area contributed by atoms with Crippen molar-refractivity contribution in [1.82, 2.24) is 0 Å². The largest absolute Gasteiger partial charge is 0.169 e. The van der Waals surface area contributed by atoms with Crippen LogP contribution in [-0.4, -0.2) is 6.26 Å². The third kappa shape index (κ3) is 1.32. The Bertz CT molecular complexity index is 542. The second-order valence-corrected chi connectivity index (χ2v) is 7.28. The molecule has 16 heavy (non-hydrogen) atoms. The van der Waals surface area contributed by atoms with E-state index in [1.54, 1.807) is 0 Å². The summed E-state index contributed by atoms with van der Waals surface area (Å²) < 4.78 is 0. The molecular formula is C15H14S. The minimum Gasteiger partial charge on any atom is -0.169 e. The molecule has 0 nitrogen and oxygen atoms in total. The molecule has 1 atom stereocenters. The molecule has 1 heterocycles.